The summed E-state index contributed by atoms with van der Waals surface area (Å²) in [5, 5.41) is 0. The molecule has 0 bridgehead atoms. The Morgan fingerprint density at radius 1 is 1.25 bits per heavy atom. The van der Waals surface area contributed by atoms with Gasteiger partial charge in [-0.3, -0.25) is 0 Å². The third-order valence-corrected chi connectivity index (χ3v) is 3.08. The van der Waals surface area contributed by atoms with Crippen LogP contribution in [0.15, 0.2) is 18.2 Å². The van der Waals surface area contributed by atoms with Gasteiger partial charge in [0.1, 0.15) is 5.82 Å². The zero-order valence-electron chi connectivity index (χ0n) is 9.42. The Morgan fingerprint density at radius 2 is 2.00 bits per heavy atom. The number of benzene rings is 1. The summed E-state index contributed by atoms with van der Waals surface area (Å²) in [5.74, 6) is 0.408. The molecule has 1 aliphatic carbocycles. The van der Waals surface area contributed by atoms with Crippen LogP contribution in [-0.2, 0) is 11.3 Å². The van der Waals surface area contributed by atoms with E-state index in [0.29, 0.717) is 18.2 Å². The SMILES string of the molecule is Nc1cc(F)cc(COCC2CCCC2)c1. The first-order valence-electron chi connectivity index (χ1n) is 5.87. The number of halogens is 1. The first-order chi connectivity index (χ1) is 7.74. The van der Waals surface area contributed by atoms with Crippen LogP contribution >= 0.6 is 0 Å². The predicted octanol–water partition coefficient (Wildman–Crippen LogP) is 3.11. The minimum absolute atomic E-state index is 0.292. The molecule has 1 aromatic rings. The van der Waals surface area contributed by atoms with Crippen LogP contribution in [0.3, 0.4) is 0 Å². The molecule has 88 valence electrons. The van der Waals surface area contributed by atoms with Crippen molar-refractivity contribution >= 4 is 5.69 Å². The van der Waals surface area contributed by atoms with Gasteiger partial charge in [0.2, 0.25) is 0 Å². The Kier molecular flexibility index (Phi) is 3.78. The summed E-state index contributed by atoms with van der Waals surface area (Å²) in [7, 11) is 0. The van der Waals surface area contributed by atoms with Crippen LogP contribution in [0.1, 0.15) is 31.2 Å². The highest BCUT2D eigenvalue weighted by Gasteiger charge is 2.14. The van der Waals surface area contributed by atoms with Crippen LogP contribution in [0.5, 0.6) is 0 Å². The standard InChI is InChI=1S/C13H18FNO/c14-12-5-11(6-13(15)7-12)9-16-8-10-3-1-2-4-10/h5-7,10H,1-4,8-9,15H2. The number of hydrogen-bond acceptors (Lipinski definition) is 2. The van der Waals surface area contributed by atoms with Crippen molar-refractivity contribution < 1.29 is 9.13 Å². The monoisotopic (exact) mass is 223 g/mol. The molecule has 0 aliphatic heterocycles. The lowest BCUT2D eigenvalue weighted by Gasteiger charge is -2.10. The van der Waals surface area contributed by atoms with Gasteiger partial charge in [0.05, 0.1) is 6.61 Å². The largest absolute Gasteiger partial charge is 0.399 e. The number of ether oxygens (including phenoxy) is 1. The second kappa shape index (κ2) is 5.30. The first kappa shape index (κ1) is 11.4. The maximum atomic E-state index is 13.0. The number of nitrogens with two attached hydrogens (primary N) is 1. The topological polar surface area (TPSA) is 35.2 Å². The molecule has 2 N–H and O–H groups in total. The van der Waals surface area contributed by atoms with Crippen molar-refractivity contribution in [3.8, 4) is 0 Å². The zero-order valence-corrected chi connectivity index (χ0v) is 9.42. The van der Waals surface area contributed by atoms with Gasteiger partial charge in [0, 0.05) is 12.3 Å². The van der Waals surface area contributed by atoms with Gasteiger partial charge in [-0.25, -0.2) is 4.39 Å². The highest BCUT2D eigenvalue weighted by Crippen LogP contribution is 2.25. The fourth-order valence-electron chi connectivity index (χ4n) is 2.28. The summed E-state index contributed by atoms with van der Waals surface area (Å²) in [6, 6.07) is 4.56. The van der Waals surface area contributed by atoms with Crippen molar-refractivity contribution in [1.82, 2.24) is 0 Å². The molecule has 3 heteroatoms. The Bertz CT molecular complexity index is 328. The van der Waals surface area contributed by atoms with E-state index in [1.807, 2.05) is 0 Å². The van der Waals surface area contributed by atoms with E-state index in [2.05, 4.69) is 0 Å². The number of rotatable bonds is 4. The van der Waals surface area contributed by atoms with E-state index in [4.69, 9.17) is 10.5 Å². The highest BCUT2D eigenvalue weighted by atomic mass is 19.1. The van der Waals surface area contributed by atoms with E-state index in [1.165, 1.54) is 37.8 Å². The lowest BCUT2D eigenvalue weighted by molar-refractivity contribution is 0.0887. The zero-order chi connectivity index (χ0) is 11.4. The lowest BCUT2D eigenvalue weighted by atomic mass is 10.1. The minimum Gasteiger partial charge on any atom is -0.399 e. The molecule has 1 aliphatic rings. The van der Waals surface area contributed by atoms with E-state index in [1.54, 1.807) is 6.07 Å². The van der Waals surface area contributed by atoms with Crippen LogP contribution in [0.2, 0.25) is 0 Å². The lowest BCUT2D eigenvalue weighted by Crippen LogP contribution is -2.05. The third kappa shape index (κ3) is 3.20. The van der Waals surface area contributed by atoms with Crippen molar-refractivity contribution in [2.45, 2.75) is 32.3 Å². The van der Waals surface area contributed by atoms with Gasteiger partial charge in [-0.2, -0.15) is 0 Å². The van der Waals surface area contributed by atoms with Gasteiger partial charge in [0.15, 0.2) is 0 Å². The van der Waals surface area contributed by atoms with Crippen LogP contribution in [-0.4, -0.2) is 6.61 Å². The molecule has 0 heterocycles. The molecule has 1 saturated carbocycles. The van der Waals surface area contributed by atoms with Gasteiger partial charge in [-0.05, 0) is 42.5 Å². The molecule has 16 heavy (non-hydrogen) atoms. The summed E-state index contributed by atoms with van der Waals surface area (Å²) < 4.78 is 18.6. The van der Waals surface area contributed by atoms with Crippen molar-refractivity contribution in [2.24, 2.45) is 5.92 Å². The van der Waals surface area contributed by atoms with Crippen molar-refractivity contribution in [3.63, 3.8) is 0 Å². The van der Waals surface area contributed by atoms with E-state index in [-0.39, 0.29) is 5.82 Å². The molecule has 2 rings (SSSR count). The summed E-state index contributed by atoms with van der Waals surface area (Å²) in [5.41, 5.74) is 6.83. The average Bonchev–Trinajstić information content (AvgIpc) is 2.69. The van der Waals surface area contributed by atoms with Gasteiger partial charge in [0.25, 0.3) is 0 Å². The van der Waals surface area contributed by atoms with Gasteiger partial charge >= 0.3 is 0 Å². The Hall–Kier alpha value is -1.09. The second-order valence-corrected chi connectivity index (χ2v) is 4.56. The summed E-state index contributed by atoms with van der Waals surface area (Å²) >= 11 is 0. The quantitative estimate of drug-likeness (QED) is 0.796. The predicted molar refractivity (Wildman–Crippen MR) is 62.4 cm³/mol. The van der Waals surface area contributed by atoms with E-state index < -0.39 is 0 Å². The van der Waals surface area contributed by atoms with Crippen LogP contribution < -0.4 is 5.73 Å². The second-order valence-electron chi connectivity index (χ2n) is 4.56. The van der Waals surface area contributed by atoms with Crippen molar-refractivity contribution in [1.29, 1.82) is 0 Å². The molecule has 0 spiro atoms. The van der Waals surface area contributed by atoms with Gasteiger partial charge in [-0.15, -0.1) is 0 Å². The fourth-order valence-corrected chi connectivity index (χ4v) is 2.28. The number of nitrogen functional groups attached to an aromatic ring is 1. The normalized spacial score (nSPS) is 16.8. The molecule has 1 aromatic carbocycles. The third-order valence-electron chi connectivity index (χ3n) is 3.08. The van der Waals surface area contributed by atoms with Crippen LogP contribution in [0.25, 0.3) is 0 Å². The average molecular weight is 223 g/mol. The number of hydrogen-bond donors (Lipinski definition) is 1. The Labute approximate surface area is 95.6 Å². The highest BCUT2D eigenvalue weighted by molar-refractivity contribution is 5.41. The molecule has 0 unspecified atom stereocenters. The molecule has 1 fully saturated rings. The molecule has 0 saturated heterocycles. The minimum atomic E-state index is -0.292. The summed E-state index contributed by atoms with van der Waals surface area (Å²) in [6.07, 6.45) is 5.18. The first-order valence-corrected chi connectivity index (χ1v) is 5.87. The van der Waals surface area contributed by atoms with Crippen molar-refractivity contribution in [3.05, 3.63) is 29.6 Å². The van der Waals surface area contributed by atoms with E-state index in [9.17, 15) is 4.39 Å². The Balaban J connectivity index is 1.80. The molecule has 0 amide bonds. The molecular weight excluding hydrogens is 205 g/mol. The smallest absolute Gasteiger partial charge is 0.125 e. The molecule has 0 atom stereocenters. The Morgan fingerprint density at radius 3 is 2.69 bits per heavy atom. The maximum Gasteiger partial charge on any atom is 0.125 e. The molecular formula is C13H18FNO. The van der Waals surface area contributed by atoms with Crippen molar-refractivity contribution in [2.75, 3.05) is 12.3 Å². The number of anilines is 1. The molecule has 0 aromatic heterocycles. The van der Waals surface area contributed by atoms with Gasteiger partial charge < -0.3 is 10.5 Å². The molecule has 0 radical (unpaired) electrons. The summed E-state index contributed by atoms with van der Waals surface area (Å²) in [6.45, 7) is 1.24. The van der Waals surface area contributed by atoms with Crippen LogP contribution in [0, 0.1) is 11.7 Å². The fraction of sp³-hybridized carbons (Fsp3) is 0.538. The van der Waals surface area contributed by atoms with Gasteiger partial charge in [-0.1, -0.05) is 12.8 Å². The van der Waals surface area contributed by atoms with E-state index in [0.717, 1.165) is 12.2 Å². The van der Waals surface area contributed by atoms with E-state index >= 15 is 0 Å². The maximum absolute atomic E-state index is 13.0. The van der Waals surface area contributed by atoms with Crippen LogP contribution in [0.4, 0.5) is 10.1 Å². The molecule has 2 nitrogen and oxygen atoms in total. The summed E-state index contributed by atoms with van der Waals surface area (Å²) in [4.78, 5) is 0.